The highest BCUT2D eigenvalue weighted by molar-refractivity contribution is 6.34. The number of carbonyl (C=O) groups is 4. The van der Waals surface area contributed by atoms with E-state index in [2.05, 4.69) is 0 Å². The predicted molar refractivity (Wildman–Crippen MR) is 110 cm³/mol. The molecule has 0 saturated heterocycles. The highest BCUT2D eigenvalue weighted by atomic mass is 35.5. The molecule has 0 fully saturated rings. The fourth-order valence-corrected chi connectivity index (χ4v) is 2.95. The molecule has 32 heavy (non-hydrogen) atoms. The number of carboxylic acid groups (broad SMARTS) is 1. The second-order valence-corrected chi connectivity index (χ2v) is 6.70. The average Bonchev–Trinajstić information content (AvgIpc) is 2.68. The van der Waals surface area contributed by atoms with Crippen molar-refractivity contribution >= 4 is 35.5 Å². The van der Waals surface area contributed by atoms with Crippen molar-refractivity contribution < 1.29 is 48.0 Å². The molecular formula is C21H19ClO10. The zero-order valence-corrected chi connectivity index (χ0v) is 18.5. The first-order valence-electron chi connectivity index (χ1n) is 8.91. The summed E-state index contributed by atoms with van der Waals surface area (Å²) >= 11 is 6.26. The Bertz CT molecular complexity index is 1110. The second kappa shape index (κ2) is 10.0. The molecule has 0 amide bonds. The summed E-state index contributed by atoms with van der Waals surface area (Å²) in [5.74, 6) is -5.37. The molecule has 0 radical (unpaired) electrons. The predicted octanol–water partition coefficient (Wildman–Crippen LogP) is 3.78. The van der Waals surface area contributed by atoms with Crippen LogP contribution in [0.2, 0.25) is 5.02 Å². The Morgan fingerprint density at radius 3 is 1.97 bits per heavy atom. The van der Waals surface area contributed by atoms with Gasteiger partial charge in [0, 0.05) is 19.9 Å². The maximum absolute atomic E-state index is 12.4. The number of aromatic carboxylic acids is 1. The maximum atomic E-state index is 12.4. The van der Waals surface area contributed by atoms with E-state index in [1.807, 2.05) is 0 Å². The number of hydrogen-bond donors (Lipinski definition) is 1. The van der Waals surface area contributed by atoms with Gasteiger partial charge in [0.2, 0.25) is 0 Å². The van der Waals surface area contributed by atoms with Crippen molar-refractivity contribution in [1.29, 1.82) is 0 Å². The highest BCUT2D eigenvalue weighted by Crippen LogP contribution is 2.47. The van der Waals surface area contributed by atoms with Gasteiger partial charge in [-0.2, -0.15) is 0 Å². The fraction of sp³-hybridized carbons (Fsp3) is 0.238. The van der Waals surface area contributed by atoms with Crippen molar-refractivity contribution in [3.8, 4) is 28.7 Å². The van der Waals surface area contributed by atoms with E-state index in [1.165, 1.54) is 25.3 Å². The van der Waals surface area contributed by atoms with Gasteiger partial charge >= 0.3 is 23.9 Å². The lowest BCUT2D eigenvalue weighted by Crippen LogP contribution is -2.12. The number of rotatable bonds is 7. The molecule has 0 aromatic heterocycles. The van der Waals surface area contributed by atoms with E-state index >= 15 is 0 Å². The van der Waals surface area contributed by atoms with Gasteiger partial charge in [0.1, 0.15) is 33.4 Å². The van der Waals surface area contributed by atoms with E-state index in [9.17, 15) is 24.3 Å². The zero-order chi connectivity index (χ0) is 24.2. The van der Waals surface area contributed by atoms with E-state index in [-0.39, 0.29) is 27.8 Å². The quantitative estimate of drug-likeness (QED) is 0.474. The molecule has 0 atom stereocenters. The lowest BCUT2D eigenvalue weighted by atomic mass is 10.1. The monoisotopic (exact) mass is 466 g/mol. The number of hydrogen-bond acceptors (Lipinski definition) is 9. The molecule has 170 valence electrons. The molecule has 1 N–H and O–H groups in total. The summed E-state index contributed by atoms with van der Waals surface area (Å²) in [4.78, 5) is 47.5. The van der Waals surface area contributed by atoms with Crippen LogP contribution in [0.4, 0.5) is 0 Å². The van der Waals surface area contributed by atoms with Gasteiger partial charge in [-0.1, -0.05) is 11.6 Å². The van der Waals surface area contributed by atoms with E-state index < -0.39 is 40.9 Å². The Hall–Kier alpha value is -3.79. The van der Waals surface area contributed by atoms with Gasteiger partial charge in [-0.05, 0) is 24.6 Å². The lowest BCUT2D eigenvalue weighted by molar-refractivity contribution is -0.132. The van der Waals surface area contributed by atoms with Crippen molar-refractivity contribution in [3.63, 3.8) is 0 Å². The highest BCUT2D eigenvalue weighted by Gasteiger charge is 2.29. The first-order chi connectivity index (χ1) is 15.0. The lowest BCUT2D eigenvalue weighted by Gasteiger charge is -2.19. The Kier molecular flexibility index (Phi) is 7.66. The van der Waals surface area contributed by atoms with Crippen LogP contribution in [0.25, 0.3) is 0 Å². The van der Waals surface area contributed by atoms with Crippen LogP contribution < -0.4 is 18.9 Å². The Morgan fingerprint density at radius 2 is 1.47 bits per heavy atom. The molecule has 2 aromatic rings. The number of esters is 3. The molecule has 11 heteroatoms. The number of carbonyl (C=O) groups excluding carboxylic acids is 3. The second-order valence-electron chi connectivity index (χ2n) is 6.32. The summed E-state index contributed by atoms with van der Waals surface area (Å²) < 4.78 is 25.7. The normalized spacial score (nSPS) is 10.2. The fourth-order valence-electron chi connectivity index (χ4n) is 2.70. The topological polar surface area (TPSA) is 135 Å². The minimum atomic E-state index is -1.48. The van der Waals surface area contributed by atoms with E-state index in [0.717, 1.165) is 21.0 Å². The number of halogens is 1. The maximum Gasteiger partial charge on any atom is 0.343 e. The third kappa shape index (κ3) is 5.27. The molecule has 0 heterocycles. The molecule has 0 saturated carbocycles. The standard InChI is InChI=1S/C21H19ClO10/c1-9-6-13(30-10(2)23)16(20(25)26)14(7-9)32-18-12(21(27)29-5)8-15(28-4)17(22)19(18)31-11(3)24/h6-8H,1-5H3,(H,25,26). The van der Waals surface area contributed by atoms with Crippen LogP contribution >= 0.6 is 11.6 Å². The van der Waals surface area contributed by atoms with E-state index in [0.29, 0.717) is 5.56 Å². The SMILES string of the molecule is COC(=O)c1cc(OC)c(Cl)c(OC(C)=O)c1Oc1cc(C)cc(OC(C)=O)c1C(=O)O. The van der Waals surface area contributed by atoms with Crippen LogP contribution in [0.15, 0.2) is 18.2 Å². The summed E-state index contributed by atoms with van der Waals surface area (Å²) in [6.45, 7) is 3.79. The average molecular weight is 467 g/mol. The van der Waals surface area contributed by atoms with Gasteiger partial charge in [-0.3, -0.25) is 9.59 Å². The van der Waals surface area contributed by atoms with Gasteiger partial charge in [0.05, 0.1) is 14.2 Å². The summed E-state index contributed by atoms with van der Waals surface area (Å²) in [5.41, 5.74) is -0.311. The van der Waals surface area contributed by atoms with Gasteiger partial charge < -0.3 is 28.8 Å². The molecular weight excluding hydrogens is 448 g/mol. The van der Waals surface area contributed by atoms with Gasteiger partial charge in [-0.15, -0.1) is 0 Å². The summed E-state index contributed by atoms with van der Waals surface area (Å²) in [6.07, 6.45) is 0. The third-order valence-corrected chi connectivity index (χ3v) is 4.26. The molecule has 2 rings (SSSR count). The van der Waals surface area contributed by atoms with Crippen LogP contribution in [-0.2, 0) is 14.3 Å². The molecule has 0 unspecified atom stereocenters. The molecule has 10 nitrogen and oxygen atoms in total. The largest absolute Gasteiger partial charge is 0.495 e. The molecule has 0 aliphatic rings. The smallest absolute Gasteiger partial charge is 0.343 e. The van der Waals surface area contributed by atoms with Gasteiger partial charge in [-0.25, -0.2) is 9.59 Å². The molecule has 0 aliphatic carbocycles. The van der Waals surface area contributed by atoms with E-state index in [4.69, 9.17) is 35.3 Å². The Balaban J connectivity index is 2.86. The van der Waals surface area contributed by atoms with Crippen molar-refractivity contribution in [2.24, 2.45) is 0 Å². The molecule has 0 aliphatic heterocycles. The zero-order valence-electron chi connectivity index (χ0n) is 17.7. The van der Waals surface area contributed by atoms with Crippen LogP contribution in [0.1, 0.15) is 40.1 Å². The van der Waals surface area contributed by atoms with Crippen molar-refractivity contribution in [2.45, 2.75) is 20.8 Å². The van der Waals surface area contributed by atoms with Crippen LogP contribution in [0.5, 0.6) is 28.7 Å². The van der Waals surface area contributed by atoms with Gasteiger partial charge in [0.25, 0.3) is 0 Å². The summed E-state index contributed by atoms with van der Waals surface area (Å²) in [7, 11) is 2.38. The number of benzene rings is 2. The molecule has 0 spiro atoms. The minimum absolute atomic E-state index is 0.0287. The minimum Gasteiger partial charge on any atom is -0.495 e. The first kappa shape index (κ1) is 24.5. The van der Waals surface area contributed by atoms with Crippen molar-refractivity contribution in [1.82, 2.24) is 0 Å². The van der Waals surface area contributed by atoms with Gasteiger partial charge in [0.15, 0.2) is 11.5 Å². The first-order valence-corrected chi connectivity index (χ1v) is 9.29. The van der Waals surface area contributed by atoms with Crippen LogP contribution in [0.3, 0.4) is 0 Å². The molecule has 2 aromatic carbocycles. The van der Waals surface area contributed by atoms with E-state index in [1.54, 1.807) is 6.92 Å². The number of carboxylic acids is 1. The van der Waals surface area contributed by atoms with Crippen LogP contribution in [0, 0.1) is 6.92 Å². The van der Waals surface area contributed by atoms with Crippen molar-refractivity contribution in [2.75, 3.05) is 14.2 Å². The summed E-state index contributed by atoms with van der Waals surface area (Å²) in [6, 6.07) is 3.83. The Labute approximate surface area is 187 Å². The number of methoxy groups -OCH3 is 2. The third-order valence-electron chi connectivity index (χ3n) is 3.90. The number of ether oxygens (including phenoxy) is 5. The summed E-state index contributed by atoms with van der Waals surface area (Å²) in [5, 5.41) is 9.50. The van der Waals surface area contributed by atoms with Crippen LogP contribution in [-0.4, -0.2) is 43.2 Å². The Morgan fingerprint density at radius 1 is 0.875 bits per heavy atom. The molecule has 0 bridgehead atoms. The number of aryl methyl sites for hydroxylation is 1. The van der Waals surface area contributed by atoms with Crippen molar-refractivity contribution in [3.05, 3.63) is 39.9 Å².